The van der Waals surface area contributed by atoms with Gasteiger partial charge < -0.3 is 16.4 Å². The average molecular weight is 277 g/mol. The Kier molecular flexibility index (Phi) is 5.70. The molecule has 0 spiro atoms. The number of primary amides is 1. The third kappa shape index (κ3) is 6.33. The highest BCUT2D eigenvalue weighted by atomic mass is 16.2. The van der Waals surface area contributed by atoms with Crippen LogP contribution in [0.25, 0.3) is 0 Å². The summed E-state index contributed by atoms with van der Waals surface area (Å²) in [5.74, 6) is -0.481. The van der Waals surface area contributed by atoms with E-state index in [-0.39, 0.29) is 18.7 Å². The van der Waals surface area contributed by atoms with Crippen LogP contribution in [0.4, 0.5) is 0 Å². The van der Waals surface area contributed by atoms with Crippen LogP contribution in [-0.2, 0) is 16.1 Å². The molecule has 4 N–H and O–H groups in total. The Bertz CT molecular complexity index is 452. The Morgan fingerprint density at radius 1 is 1.20 bits per heavy atom. The number of rotatable bonds is 7. The summed E-state index contributed by atoms with van der Waals surface area (Å²) in [5, 5.41) is 0. The second kappa shape index (κ2) is 7.05. The van der Waals surface area contributed by atoms with E-state index < -0.39 is 11.4 Å². The van der Waals surface area contributed by atoms with Crippen LogP contribution < -0.4 is 11.5 Å². The van der Waals surface area contributed by atoms with Crippen molar-refractivity contribution in [3.8, 4) is 0 Å². The summed E-state index contributed by atoms with van der Waals surface area (Å²) in [4.78, 5) is 24.8. The molecule has 0 heterocycles. The van der Waals surface area contributed by atoms with E-state index in [9.17, 15) is 9.59 Å². The Morgan fingerprint density at radius 2 is 1.80 bits per heavy atom. The maximum Gasteiger partial charge on any atom is 0.224 e. The molecular weight excluding hydrogens is 254 g/mol. The Morgan fingerprint density at radius 3 is 2.30 bits per heavy atom. The van der Waals surface area contributed by atoms with E-state index in [1.54, 1.807) is 18.7 Å². The van der Waals surface area contributed by atoms with E-state index in [2.05, 4.69) is 0 Å². The highest BCUT2D eigenvalue weighted by Crippen LogP contribution is 2.11. The summed E-state index contributed by atoms with van der Waals surface area (Å²) in [6.45, 7) is 4.39. The van der Waals surface area contributed by atoms with E-state index in [0.717, 1.165) is 5.56 Å². The fourth-order valence-electron chi connectivity index (χ4n) is 1.84. The fraction of sp³-hybridized carbons (Fsp3) is 0.467. The van der Waals surface area contributed by atoms with Crippen molar-refractivity contribution in [2.75, 3.05) is 6.54 Å². The van der Waals surface area contributed by atoms with E-state index >= 15 is 0 Å². The van der Waals surface area contributed by atoms with Gasteiger partial charge in [-0.1, -0.05) is 30.3 Å². The van der Waals surface area contributed by atoms with Crippen molar-refractivity contribution in [2.24, 2.45) is 11.5 Å². The number of amides is 2. The molecule has 0 atom stereocenters. The molecule has 0 fully saturated rings. The zero-order valence-electron chi connectivity index (χ0n) is 12.1. The van der Waals surface area contributed by atoms with Crippen molar-refractivity contribution in [3.63, 3.8) is 0 Å². The largest absolute Gasteiger partial charge is 0.370 e. The van der Waals surface area contributed by atoms with Crippen LogP contribution in [0.2, 0.25) is 0 Å². The van der Waals surface area contributed by atoms with Crippen molar-refractivity contribution in [1.29, 1.82) is 0 Å². The van der Waals surface area contributed by atoms with E-state index in [0.29, 0.717) is 13.1 Å². The molecule has 5 heteroatoms. The molecule has 0 radical (unpaired) electrons. The standard InChI is InChI=1S/C15H23N3O2/c1-15(2,17)10-14(20)18(9-8-13(16)19)11-12-6-4-3-5-7-12/h3-7H,8-11,17H2,1-2H3,(H2,16,19). The number of carbonyl (C=O) groups is 2. The summed E-state index contributed by atoms with van der Waals surface area (Å²) < 4.78 is 0. The first-order valence-corrected chi connectivity index (χ1v) is 6.67. The van der Waals surface area contributed by atoms with Crippen LogP contribution in [0, 0.1) is 0 Å². The number of carbonyl (C=O) groups excluding carboxylic acids is 2. The average Bonchev–Trinajstić information content (AvgIpc) is 2.33. The first-order chi connectivity index (χ1) is 9.28. The maximum atomic E-state index is 12.3. The lowest BCUT2D eigenvalue weighted by molar-refractivity contribution is -0.133. The molecule has 20 heavy (non-hydrogen) atoms. The topological polar surface area (TPSA) is 89.4 Å². The summed E-state index contributed by atoms with van der Waals surface area (Å²) in [7, 11) is 0. The summed E-state index contributed by atoms with van der Waals surface area (Å²) >= 11 is 0. The van der Waals surface area contributed by atoms with Gasteiger partial charge in [-0.25, -0.2) is 0 Å². The summed E-state index contributed by atoms with van der Waals surface area (Å²) in [5.41, 5.74) is 11.5. The fourth-order valence-corrected chi connectivity index (χ4v) is 1.84. The molecule has 0 aliphatic carbocycles. The van der Waals surface area contributed by atoms with Crippen LogP contribution in [0.15, 0.2) is 30.3 Å². The quantitative estimate of drug-likeness (QED) is 0.779. The highest BCUT2D eigenvalue weighted by molar-refractivity contribution is 5.79. The van der Waals surface area contributed by atoms with E-state index in [1.165, 1.54) is 0 Å². The van der Waals surface area contributed by atoms with Crippen LogP contribution in [0.5, 0.6) is 0 Å². The normalized spacial score (nSPS) is 11.2. The van der Waals surface area contributed by atoms with Gasteiger partial charge >= 0.3 is 0 Å². The SMILES string of the molecule is CC(C)(N)CC(=O)N(CCC(N)=O)Cc1ccccc1. The van der Waals surface area contributed by atoms with Gasteiger partial charge in [-0.3, -0.25) is 9.59 Å². The Balaban J connectivity index is 2.74. The van der Waals surface area contributed by atoms with Gasteiger partial charge in [0, 0.05) is 31.5 Å². The number of hydrogen-bond donors (Lipinski definition) is 2. The molecule has 0 aromatic heterocycles. The molecule has 110 valence electrons. The minimum Gasteiger partial charge on any atom is -0.370 e. The molecule has 0 bridgehead atoms. The van der Waals surface area contributed by atoms with Crippen molar-refractivity contribution in [3.05, 3.63) is 35.9 Å². The van der Waals surface area contributed by atoms with Crippen molar-refractivity contribution in [2.45, 2.75) is 38.8 Å². The highest BCUT2D eigenvalue weighted by Gasteiger charge is 2.21. The molecule has 0 saturated carbocycles. The summed E-state index contributed by atoms with van der Waals surface area (Å²) in [6, 6.07) is 9.64. The molecule has 0 aliphatic heterocycles. The van der Waals surface area contributed by atoms with E-state index in [4.69, 9.17) is 11.5 Å². The molecule has 1 rings (SSSR count). The third-order valence-corrected chi connectivity index (χ3v) is 2.80. The lowest BCUT2D eigenvalue weighted by Crippen LogP contribution is -2.42. The number of nitrogens with zero attached hydrogens (tertiary/aromatic N) is 1. The smallest absolute Gasteiger partial charge is 0.224 e. The van der Waals surface area contributed by atoms with Gasteiger partial charge in [-0.2, -0.15) is 0 Å². The Labute approximate surface area is 119 Å². The maximum absolute atomic E-state index is 12.3. The van der Waals surface area contributed by atoms with Crippen molar-refractivity contribution >= 4 is 11.8 Å². The Hall–Kier alpha value is -1.88. The van der Waals surface area contributed by atoms with Gasteiger partial charge in [-0.05, 0) is 19.4 Å². The third-order valence-electron chi connectivity index (χ3n) is 2.80. The molecular formula is C15H23N3O2. The van der Waals surface area contributed by atoms with Crippen LogP contribution in [-0.4, -0.2) is 28.8 Å². The minimum atomic E-state index is -0.571. The number of hydrogen-bond acceptors (Lipinski definition) is 3. The van der Waals surface area contributed by atoms with E-state index in [1.807, 2.05) is 30.3 Å². The van der Waals surface area contributed by atoms with Gasteiger partial charge in [0.25, 0.3) is 0 Å². The summed E-state index contributed by atoms with van der Waals surface area (Å²) in [6.07, 6.45) is 0.391. The number of nitrogens with two attached hydrogens (primary N) is 2. The van der Waals surface area contributed by atoms with Gasteiger partial charge in [0.2, 0.25) is 11.8 Å². The van der Waals surface area contributed by atoms with Gasteiger partial charge in [0.15, 0.2) is 0 Å². The van der Waals surface area contributed by atoms with Crippen LogP contribution in [0.3, 0.4) is 0 Å². The lowest BCUT2D eigenvalue weighted by Gasteiger charge is -2.26. The van der Waals surface area contributed by atoms with Crippen molar-refractivity contribution < 1.29 is 9.59 Å². The molecule has 0 aliphatic rings. The van der Waals surface area contributed by atoms with Crippen molar-refractivity contribution in [1.82, 2.24) is 4.90 Å². The first kappa shape index (κ1) is 16.2. The number of benzene rings is 1. The predicted molar refractivity (Wildman–Crippen MR) is 78.6 cm³/mol. The van der Waals surface area contributed by atoms with Gasteiger partial charge in [0.1, 0.15) is 0 Å². The van der Waals surface area contributed by atoms with Gasteiger partial charge in [-0.15, -0.1) is 0 Å². The molecule has 0 unspecified atom stereocenters. The molecule has 1 aromatic rings. The lowest BCUT2D eigenvalue weighted by atomic mass is 10.0. The molecule has 2 amide bonds. The minimum absolute atomic E-state index is 0.0670. The van der Waals surface area contributed by atoms with Gasteiger partial charge in [0.05, 0.1) is 0 Å². The zero-order chi connectivity index (χ0) is 15.2. The monoisotopic (exact) mass is 277 g/mol. The molecule has 0 saturated heterocycles. The second-order valence-electron chi connectivity index (χ2n) is 5.68. The molecule has 1 aromatic carbocycles. The zero-order valence-corrected chi connectivity index (χ0v) is 12.1. The van der Waals surface area contributed by atoms with Crippen LogP contribution in [0.1, 0.15) is 32.3 Å². The first-order valence-electron chi connectivity index (χ1n) is 6.67. The molecule has 5 nitrogen and oxygen atoms in total. The van der Waals surface area contributed by atoms with Crippen LogP contribution >= 0.6 is 0 Å². The predicted octanol–water partition coefficient (Wildman–Crippen LogP) is 1.02. The second-order valence-corrected chi connectivity index (χ2v) is 5.68.